The highest BCUT2D eigenvalue weighted by Gasteiger charge is 2.07. The van der Waals surface area contributed by atoms with Gasteiger partial charge < -0.3 is 9.47 Å². The molecule has 0 radical (unpaired) electrons. The van der Waals surface area contributed by atoms with E-state index in [2.05, 4.69) is 0 Å². The van der Waals surface area contributed by atoms with Crippen LogP contribution in [-0.4, -0.2) is 18.7 Å². The van der Waals surface area contributed by atoms with Gasteiger partial charge in [-0.2, -0.15) is 5.26 Å². The molecular formula is C12H12ClNO3. The molecule has 0 amide bonds. The fourth-order valence-electron chi connectivity index (χ4n) is 1.15. The standard InChI is InChI=1S/C12H12ClNO3/c1-8(2)17-12(15)7-16-11-4-9(6-14)3-10(13)5-11/h3-5,8H,7H2,1-2H3. The molecule has 0 aliphatic carbocycles. The molecule has 0 aromatic heterocycles. The van der Waals surface area contributed by atoms with Crippen LogP contribution in [0.15, 0.2) is 18.2 Å². The summed E-state index contributed by atoms with van der Waals surface area (Å²) in [6, 6.07) is 6.50. The van der Waals surface area contributed by atoms with Crippen LogP contribution in [0.5, 0.6) is 5.75 Å². The largest absolute Gasteiger partial charge is 0.482 e. The maximum absolute atomic E-state index is 11.2. The van der Waals surface area contributed by atoms with Gasteiger partial charge in [0, 0.05) is 5.02 Å². The van der Waals surface area contributed by atoms with Crippen molar-refractivity contribution in [2.45, 2.75) is 20.0 Å². The molecule has 17 heavy (non-hydrogen) atoms. The number of carbonyl (C=O) groups excluding carboxylic acids is 1. The minimum atomic E-state index is -0.460. The van der Waals surface area contributed by atoms with Gasteiger partial charge in [-0.05, 0) is 32.0 Å². The summed E-state index contributed by atoms with van der Waals surface area (Å²) in [5, 5.41) is 9.11. The molecule has 0 saturated carbocycles. The van der Waals surface area contributed by atoms with Crippen molar-refractivity contribution in [2.24, 2.45) is 0 Å². The summed E-state index contributed by atoms with van der Waals surface area (Å²) in [6.45, 7) is 3.31. The Kier molecular flexibility index (Phi) is 4.80. The third-order valence-corrected chi connectivity index (χ3v) is 1.94. The first-order valence-corrected chi connectivity index (χ1v) is 5.42. The second kappa shape index (κ2) is 6.12. The molecule has 1 aromatic carbocycles. The lowest BCUT2D eigenvalue weighted by molar-refractivity contribution is -0.149. The van der Waals surface area contributed by atoms with Crippen molar-refractivity contribution in [3.05, 3.63) is 28.8 Å². The smallest absolute Gasteiger partial charge is 0.344 e. The minimum absolute atomic E-state index is 0.180. The Balaban J connectivity index is 2.61. The number of hydrogen-bond donors (Lipinski definition) is 0. The molecule has 1 rings (SSSR count). The molecule has 5 heteroatoms. The zero-order chi connectivity index (χ0) is 12.8. The fraction of sp³-hybridized carbons (Fsp3) is 0.333. The molecule has 0 saturated heterocycles. The summed E-state index contributed by atoms with van der Waals surface area (Å²) in [4.78, 5) is 11.2. The first kappa shape index (κ1) is 13.3. The SMILES string of the molecule is CC(C)OC(=O)COc1cc(Cl)cc(C#N)c1. The molecule has 0 fully saturated rings. The number of rotatable bonds is 4. The number of ether oxygens (including phenoxy) is 2. The average Bonchev–Trinajstić information content (AvgIpc) is 2.24. The molecule has 4 nitrogen and oxygen atoms in total. The quantitative estimate of drug-likeness (QED) is 0.774. The molecule has 0 N–H and O–H groups in total. The van der Waals surface area contributed by atoms with Crippen LogP contribution in [0.4, 0.5) is 0 Å². The molecule has 0 atom stereocenters. The summed E-state index contributed by atoms with van der Waals surface area (Å²) < 4.78 is 10.1. The Morgan fingerprint density at radius 2 is 2.18 bits per heavy atom. The summed E-state index contributed by atoms with van der Waals surface area (Å²) in [5.74, 6) is -0.0896. The van der Waals surface area contributed by atoms with Gasteiger partial charge in [-0.1, -0.05) is 11.6 Å². The average molecular weight is 254 g/mol. The number of nitrogens with zero attached hydrogens (tertiary/aromatic N) is 1. The van der Waals surface area contributed by atoms with E-state index in [1.807, 2.05) is 6.07 Å². The van der Waals surface area contributed by atoms with Crippen molar-refractivity contribution >= 4 is 17.6 Å². The Hall–Kier alpha value is -1.73. The minimum Gasteiger partial charge on any atom is -0.482 e. The van der Waals surface area contributed by atoms with Gasteiger partial charge in [-0.3, -0.25) is 0 Å². The lowest BCUT2D eigenvalue weighted by atomic mass is 10.2. The molecule has 0 bridgehead atoms. The van der Waals surface area contributed by atoms with E-state index in [4.69, 9.17) is 26.3 Å². The molecule has 90 valence electrons. The van der Waals surface area contributed by atoms with Crippen molar-refractivity contribution in [3.8, 4) is 11.8 Å². The van der Waals surface area contributed by atoms with Gasteiger partial charge in [0.25, 0.3) is 0 Å². The Labute approximate surface area is 105 Å². The van der Waals surface area contributed by atoms with Crippen molar-refractivity contribution < 1.29 is 14.3 Å². The predicted molar refractivity (Wildman–Crippen MR) is 62.9 cm³/mol. The van der Waals surface area contributed by atoms with Gasteiger partial charge in [-0.25, -0.2) is 4.79 Å². The first-order chi connectivity index (χ1) is 8.01. The topological polar surface area (TPSA) is 59.3 Å². The van der Waals surface area contributed by atoms with Crippen LogP contribution in [0.1, 0.15) is 19.4 Å². The maximum atomic E-state index is 11.2. The van der Waals surface area contributed by atoms with E-state index in [0.717, 1.165) is 0 Å². The lowest BCUT2D eigenvalue weighted by Crippen LogP contribution is -2.18. The van der Waals surface area contributed by atoms with Crippen LogP contribution < -0.4 is 4.74 Å². The van der Waals surface area contributed by atoms with Crippen LogP contribution in [0, 0.1) is 11.3 Å². The monoisotopic (exact) mass is 253 g/mol. The van der Waals surface area contributed by atoms with Gasteiger partial charge in [0.1, 0.15) is 5.75 Å². The summed E-state index contributed by atoms with van der Waals surface area (Å²) in [6.07, 6.45) is -0.180. The number of halogens is 1. The van der Waals surface area contributed by atoms with Crippen LogP contribution in [0.25, 0.3) is 0 Å². The zero-order valence-corrected chi connectivity index (χ0v) is 10.3. The highest BCUT2D eigenvalue weighted by atomic mass is 35.5. The number of nitriles is 1. The van der Waals surface area contributed by atoms with E-state index in [9.17, 15) is 4.79 Å². The molecule has 0 unspecified atom stereocenters. The third kappa shape index (κ3) is 4.75. The Morgan fingerprint density at radius 1 is 1.47 bits per heavy atom. The van der Waals surface area contributed by atoms with E-state index in [-0.39, 0.29) is 12.7 Å². The first-order valence-electron chi connectivity index (χ1n) is 5.04. The highest BCUT2D eigenvalue weighted by Crippen LogP contribution is 2.20. The number of hydrogen-bond acceptors (Lipinski definition) is 4. The van der Waals surface area contributed by atoms with Crippen molar-refractivity contribution in [2.75, 3.05) is 6.61 Å². The van der Waals surface area contributed by atoms with Crippen molar-refractivity contribution in [1.82, 2.24) is 0 Å². The molecule has 0 heterocycles. The van der Waals surface area contributed by atoms with Crippen LogP contribution in [-0.2, 0) is 9.53 Å². The molecule has 1 aromatic rings. The normalized spacial score (nSPS) is 9.82. The number of carbonyl (C=O) groups is 1. The molecular weight excluding hydrogens is 242 g/mol. The van der Waals surface area contributed by atoms with Crippen molar-refractivity contribution in [3.63, 3.8) is 0 Å². The Morgan fingerprint density at radius 3 is 2.76 bits per heavy atom. The summed E-state index contributed by atoms with van der Waals surface area (Å²) in [5.41, 5.74) is 0.379. The lowest BCUT2D eigenvalue weighted by Gasteiger charge is -2.09. The van der Waals surface area contributed by atoms with Gasteiger partial charge >= 0.3 is 5.97 Å². The van der Waals surface area contributed by atoms with Crippen LogP contribution in [0.3, 0.4) is 0 Å². The van der Waals surface area contributed by atoms with Gasteiger partial charge in [0.15, 0.2) is 6.61 Å². The molecule has 0 aliphatic heterocycles. The molecule has 0 spiro atoms. The van der Waals surface area contributed by atoms with E-state index >= 15 is 0 Å². The van der Waals surface area contributed by atoms with Crippen molar-refractivity contribution in [1.29, 1.82) is 5.26 Å². The zero-order valence-electron chi connectivity index (χ0n) is 9.57. The fourth-order valence-corrected chi connectivity index (χ4v) is 1.37. The second-order valence-corrected chi connectivity index (χ2v) is 4.05. The highest BCUT2D eigenvalue weighted by molar-refractivity contribution is 6.30. The summed E-state index contributed by atoms with van der Waals surface area (Å²) >= 11 is 5.78. The second-order valence-electron chi connectivity index (χ2n) is 3.61. The number of esters is 1. The van der Waals surface area contributed by atoms with Gasteiger partial charge in [-0.15, -0.1) is 0 Å². The number of benzene rings is 1. The molecule has 0 aliphatic rings. The Bertz CT molecular complexity index is 452. The third-order valence-electron chi connectivity index (χ3n) is 1.72. The maximum Gasteiger partial charge on any atom is 0.344 e. The van der Waals surface area contributed by atoms with Crippen LogP contribution in [0.2, 0.25) is 5.02 Å². The van der Waals surface area contributed by atoms with E-state index < -0.39 is 5.97 Å². The van der Waals surface area contributed by atoms with E-state index in [0.29, 0.717) is 16.3 Å². The van der Waals surface area contributed by atoms with E-state index in [1.165, 1.54) is 18.2 Å². The van der Waals surface area contributed by atoms with Gasteiger partial charge in [0.05, 0.1) is 17.7 Å². The summed E-state index contributed by atoms with van der Waals surface area (Å²) in [7, 11) is 0. The van der Waals surface area contributed by atoms with Gasteiger partial charge in [0.2, 0.25) is 0 Å². The predicted octanol–water partition coefficient (Wildman–Crippen LogP) is 2.54. The van der Waals surface area contributed by atoms with E-state index in [1.54, 1.807) is 13.8 Å². The van der Waals surface area contributed by atoms with Crippen LogP contribution >= 0.6 is 11.6 Å².